The summed E-state index contributed by atoms with van der Waals surface area (Å²) in [5.74, 6) is 0.0887. The number of benzene rings is 1. The second kappa shape index (κ2) is 8.61. The van der Waals surface area contributed by atoms with E-state index in [0.29, 0.717) is 15.4 Å². The molecule has 1 aliphatic rings. The zero-order valence-corrected chi connectivity index (χ0v) is 20.4. The van der Waals surface area contributed by atoms with Crippen LogP contribution in [0.5, 0.6) is 0 Å². The smallest absolute Gasteiger partial charge is 0.350 e. The van der Waals surface area contributed by atoms with E-state index in [2.05, 4.69) is 46.8 Å². The fraction of sp³-hybridized carbons (Fsp3) is 0.263. The first-order valence-electron chi connectivity index (χ1n) is 9.50. The standard InChI is InChI=1S/C19H15Br2N5O6S/c20-7-1-6-2-10(18(30)32-14(6)8(21)3-7)33-19-25-11-15(22)23-5-24-16(11)26(19)17-13(29)12(28)9(4-27)31-17/h1-3,5,9,12-13,17,27-29H,4H2,(H2,22,23,24)/t9-,12-,13?,17-/m1/s1. The highest BCUT2D eigenvalue weighted by Gasteiger charge is 2.45. The number of aliphatic hydroxyl groups is 3. The molecule has 3 aromatic heterocycles. The van der Waals surface area contributed by atoms with E-state index in [1.165, 1.54) is 10.9 Å². The van der Waals surface area contributed by atoms with Crippen LogP contribution in [0.15, 0.2) is 52.7 Å². The van der Waals surface area contributed by atoms with Gasteiger partial charge in [0.25, 0.3) is 0 Å². The number of anilines is 1. The van der Waals surface area contributed by atoms with Crippen molar-refractivity contribution in [1.29, 1.82) is 0 Å². The van der Waals surface area contributed by atoms with Crippen molar-refractivity contribution in [2.45, 2.75) is 34.6 Å². The number of ether oxygens (including phenoxy) is 1. The third-order valence-corrected chi connectivity index (χ3v) is 7.19. The molecular formula is C19H15Br2N5O6S. The molecule has 1 fully saturated rings. The van der Waals surface area contributed by atoms with E-state index in [1.54, 1.807) is 18.2 Å². The molecule has 0 aliphatic carbocycles. The molecule has 1 saturated heterocycles. The first-order chi connectivity index (χ1) is 15.8. The van der Waals surface area contributed by atoms with Gasteiger partial charge >= 0.3 is 5.63 Å². The van der Waals surface area contributed by atoms with Crippen molar-refractivity contribution in [1.82, 2.24) is 19.5 Å². The fourth-order valence-electron chi connectivity index (χ4n) is 3.61. The van der Waals surface area contributed by atoms with Gasteiger partial charge in [0.2, 0.25) is 0 Å². The van der Waals surface area contributed by atoms with E-state index in [0.717, 1.165) is 16.2 Å². The van der Waals surface area contributed by atoms with Gasteiger partial charge in [-0.1, -0.05) is 15.9 Å². The van der Waals surface area contributed by atoms with E-state index in [9.17, 15) is 20.1 Å². The van der Waals surface area contributed by atoms with Gasteiger partial charge in [-0.3, -0.25) is 4.57 Å². The SMILES string of the molecule is Nc1ncnc2c1nc(Sc1cc3cc(Br)cc(Br)c3oc1=O)n2[C@@H]1O[C@H](CO)[C@@H](O)C1O. The second-order valence-corrected chi connectivity index (χ2v) is 10.0. The first-order valence-corrected chi connectivity index (χ1v) is 11.9. The van der Waals surface area contributed by atoms with Crippen molar-refractivity contribution in [2.24, 2.45) is 0 Å². The van der Waals surface area contributed by atoms with Crippen LogP contribution in [-0.4, -0.2) is 59.8 Å². The molecular weight excluding hydrogens is 586 g/mol. The molecule has 1 aliphatic heterocycles. The van der Waals surface area contributed by atoms with Crippen molar-refractivity contribution in [2.75, 3.05) is 12.3 Å². The van der Waals surface area contributed by atoms with Gasteiger partial charge in [0.15, 0.2) is 33.9 Å². The fourth-order valence-corrected chi connectivity index (χ4v) is 5.88. The Kier molecular flexibility index (Phi) is 5.93. The maximum Gasteiger partial charge on any atom is 0.350 e. The Hall–Kier alpha value is -2.07. The Morgan fingerprint density at radius 1 is 1.18 bits per heavy atom. The van der Waals surface area contributed by atoms with Crippen LogP contribution in [0.2, 0.25) is 0 Å². The molecule has 0 amide bonds. The Labute approximate surface area is 205 Å². The van der Waals surface area contributed by atoms with Crippen LogP contribution >= 0.6 is 43.6 Å². The molecule has 0 saturated carbocycles. The number of fused-ring (bicyclic) bond motifs is 2. The molecule has 0 bridgehead atoms. The molecule has 1 unspecified atom stereocenters. The highest BCUT2D eigenvalue weighted by molar-refractivity contribution is 9.11. The van der Waals surface area contributed by atoms with Gasteiger partial charge < -0.3 is 30.2 Å². The van der Waals surface area contributed by atoms with E-state index in [1.807, 2.05) is 0 Å². The summed E-state index contributed by atoms with van der Waals surface area (Å²) in [5.41, 5.74) is 6.21. The molecule has 5 rings (SSSR count). The molecule has 5 N–H and O–H groups in total. The Morgan fingerprint density at radius 2 is 1.97 bits per heavy atom. The molecule has 4 heterocycles. The number of nitrogens with zero attached hydrogens (tertiary/aromatic N) is 4. The first kappa shape index (κ1) is 22.7. The van der Waals surface area contributed by atoms with Crippen LogP contribution < -0.4 is 11.4 Å². The van der Waals surface area contributed by atoms with Crippen LogP contribution in [-0.2, 0) is 4.74 Å². The van der Waals surface area contributed by atoms with Gasteiger partial charge in [-0.15, -0.1) is 0 Å². The zero-order valence-electron chi connectivity index (χ0n) is 16.4. The summed E-state index contributed by atoms with van der Waals surface area (Å²) < 4.78 is 14.0. The third-order valence-electron chi connectivity index (χ3n) is 5.17. The largest absolute Gasteiger partial charge is 0.421 e. The van der Waals surface area contributed by atoms with Crippen molar-refractivity contribution < 1.29 is 24.5 Å². The summed E-state index contributed by atoms with van der Waals surface area (Å²) in [6, 6.07) is 5.21. The lowest BCUT2D eigenvalue weighted by molar-refractivity contribution is -0.0548. The summed E-state index contributed by atoms with van der Waals surface area (Å²) >= 11 is 7.75. The maximum absolute atomic E-state index is 12.7. The van der Waals surface area contributed by atoms with Crippen LogP contribution in [0.4, 0.5) is 5.82 Å². The Morgan fingerprint density at radius 3 is 2.70 bits per heavy atom. The minimum Gasteiger partial charge on any atom is -0.421 e. The average Bonchev–Trinajstić information content (AvgIpc) is 3.27. The van der Waals surface area contributed by atoms with Crippen molar-refractivity contribution in [3.8, 4) is 0 Å². The summed E-state index contributed by atoms with van der Waals surface area (Å²) in [6.07, 6.45) is -3.66. The van der Waals surface area contributed by atoms with E-state index < -0.39 is 36.8 Å². The number of hydrogen-bond donors (Lipinski definition) is 4. The molecule has 172 valence electrons. The van der Waals surface area contributed by atoms with Gasteiger partial charge in [-0.25, -0.2) is 19.7 Å². The van der Waals surface area contributed by atoms with Crippen LogP contribution in [0, 0.1) is 0 Å². The van der Waals surface area contributed by atoms with Gasteiger partial charge in [0.05, 0.1) is 11.1 Å². The number of aromatic nitrogens is 4. The number of halogens is 2. The average molecular weight is 601 g/mol. The van der Waals surface area contributed by atoms with Gasteiger partial charge in [0, 0.05) is 9.86 Å². The van der Waals surface area contributed by atoms with Crippen molar-refractivity contribution in [3.63, 3.8) is 0 Å². The third kappa shape index (κ3) is 3.84. The lowest BCUT2D eigenvalue weighted by atomic mass is 10.1. The van der Waals surface area contributed by atoms with Gasteiger partial charge in [-0.05, 0) is 45.9 Å². The van der Waals surface area contributed by atoms with E-state index >= 15 is 0 Å². The number of hydrogen-bond acceptors (Lipinski definition) is 11. The Bertz CT molecular complexity index is 1450. The highest BCUT2D eigenvalue weighted by Crippen LogP contribution is 2.38. The minimum atomic E-state index is -1.39. The number of aliphatic hydroxyl groups excluding tert-OH is 3. The lowest BCUT2D eigenvalue weighted by Gasteiger charge is -2.19. The number of rotatable bonds is 4. The van der Waals surface area contributed by atoms with Crippen LogP contribution in [0.1, 0.15) is 6.23 Å². The van der Waals surface area contributed by atoms with Crippen molar-refractivity contribution >= 4 is 71.6 Å². The number of imidazole rings is 1. The van der Waals surface area contributed by atoms with E-state index in [4.69, 9.17) is 14.9 Å². The predicted molar refractivity (Wildman–Crippen MR) is 125 cm³/mol. The van der Waals surface area contributed by atoms with Gasteiger partial charge in [0.1, 0.15) is 29.5 Å². The molecule has 4 atom stereocenters. The quantitative estimate of drug-likeness (QED) is 0.252. The highest BCUT2D eigenvalue weighted by atomic mass is 79.9. The Balaban J connectivity index is 1.66. The number of nitrogen functional groups attached to an aromatic ring is 1. The minimum absolute atomic E-state index is 0.0887. The van der Waals surface area contributed by atoms with Crippen molar-refractivity contribution in [3.05, 3.63) is 43.9 Å². The zero-order chi connectivity index (χ0) is 23.4. The predicted octanol–water partition coefficient (Wildman–Crippen LogP) is 1.80. The van der Waals surface area contributed by atoms with E-state index in [-0.39, 0.29) is 27.0 Å². The molecule has 0 radical (unpaired) electrons. The molecule has 0 spiro atoms. The normalized spacial score (nSPS) is 23.1. The molecule has 11 nitrogen and oxygen atoms in total. The maximum atomic E-state index is 12.7. The van der Waals surface area contributed by atoms with Crippen LogP contribution in [0.25, 0.3) is 22.1 Å². The summed E-state index contributed by atoms with van der Waals surface area (Å²) in [5, 5.41) is 31.2. The molecule has 1 aromatic carbocycles. The van der Waals surface area contributed by atoms with Crippen LogP contribution in [0.3, 0.4) is 0 Å². The second-order valence-electron chi connectivity index (χ2n) is 7.23. The summed E-state index contributed by atoms with van der Waals surface area (Å²) in [7, 11) is 0. The topological polar surface area (TPSA) is 170 Å². The van der Waals surface area contributed by atoms with Gasteiger partial charge in [-0.2, -0.15) is 0 Å². The molecule has 33 heavy (non-hydrogen) atoms. The lowest BCUT2D eigenvalue weighted by Crippen LogP contribution is -2.33. The molecule has 14 heteroatoms. The molecule has 4 aromatic rings. The number of nitrogens with two attached hydrogens (primary N) is 1. The summed E-state index contributed by atoms with van der Waals surface area (Å²) in [4.78, 5) is 25.5. The monoisotopic (exact) mass is 599 g/mol. The summed E-state index contributed by atoms with van der Waals surface area (Å²) in [6.45, 7) is -0.501.